The van der Waals surface area contributed by atoms with E-state index in [1.807, 2.05) is 4.98 Å². The van der Waals surface area contributed by atoms with Gasteiger partial charge in [0.2, 0.25) is 0 Å². The molecular weight excluding hydrogens is 289 g/mol. The van der Waals surface area contributed by atoms with Crippen LogP contribution in [0.4, 0.5) is 13.2 Å². The molecule has 1 aliphatic rings. The summed E-state index contributed by atoms with van der Waals surface area (Å²) in [6.07, 6.45) is -4.15. The zero-order valence-corrected chi connectivity index (χ0v) is 11.5. The van der Waals surface area contributed by atoms with Crippen molar-refractivity contribution in [3.63, 3.8) is 0 Å². The highest BCUT2D eigenvalue weighted by Crippen LogP contribution is 2.27. The molecule has 21 heavy (non-hydrogen) atoms. The predicted molar refractivity (Wildman–Crippen MR) is 68.0 cm³/mol. The zero-order valence-electron chi connectivity index (χ0n) is 11.5. The number of halogens is 3. The number of carbonyl (C=O) groups excluding carboxylic acids is 1. The Bertz CT molecular complexity index is 607. The standard InChI is InChI=1S/C13H15F3N2O3/c1-12(2)9(5-6-21-12)18-11(20)8-4-3-7(10(19)17-8)13(14,15)16/h3-4,9H,5-6H2,1-2H3,(H,17,19)(H,18,20). The fourth-order valence-corrected chi connectivity index (χ4v) is 2.20. The second kappa shape index (κ2) is 5.18. The molecule has 8 heteroatoms. The molecule has 1 saturated heterocycles. The van der Waals surface area contributed by atoms with E-state index in [4.69, 9.17) is 4.74 Å². The molecule has 1 aromatic rings. The van der Waals surface area contributed by atoms with Gasteiger partial charge in [-0.3, -0.25) is 9.59 Å². The summed E-state index contributed by atoms with van der Waals surface area (Å²) in [5, 5.41) is 2.66. The minimum absolute atomic E-state index is 0.212. The maximum Gasteiger partial charge on any atom is 0.421 e. The van der Waals surface area contributed by atoms with Crippen molar-refractivity contribution in [3.8, 4) is 0 Å². The third kappa shape index (κ3) is 3.26. The van der Waals surface area contributed by atoms with E-state index in [0.717, 1.165) is 6.07 Å². The molecule has 2 N–H and O–H groups in total. The first-order valence-electron chi connectivity index (χ1n) is 6.36. The number of nitrogens with one attached hydrogen (secondary N) is 2. The van der Waals surface area contributed by atoms with Crippen LogP contribution in [0.15, 0.2) is 16.9 Å². The fourth-order valence-electron chi connectivity index (χ4n) is 2.20. The number of pyridine rings is 1. The summed E-state index contributed by atoms with van der Waals surface area (Å²) in [4.78, 5) is 25.3. The lowest BCUT2D eigenvalue weighted by Gasteiger charge is -2.26. The minimum Gasteiger partial charge on any atom is -0.373 e. The maximum absolute atomic E-state index is 12.5. The molecule has 0 aromatic carbocycles. The van der Waals surface area contributed by atoms with Gasteiger partial charge in [0.15, 0.2) is 0 Å². The van der Waals surface area contributed by atoms with Crippen LogP contribution in [0.25, 0.3) is 0 Å². The Balaban J connectivity index is 2.18. The normalized spacial score (nSPS) is 21.3. The lowest BCUT2D eigenvalue weighted by atomic mass is 9.99. The molecule has 116 valence electrons. The van der Waals surface area contributed by atoms with Gasteiger partial charge < -0.3 is 15.0 Å². The van der Waals surface area contributed by atoms with Crippen LogP contribution in [0.2, 0.25) is 0 Å². The molecular formula is C13H15F3N2O3. The highest BCUT2D eigenvalue weighted by molar-refractivity contribution is 5.92. The average Bonchev–Trinajstić information content (AvgIpc) is 2.67. The molecule has 0 spiro atoms. The van der Waals surface area contributed by atoms with Gasteiger partial charge in [-0.05, 0) is 32.4 Å². The Kier molecular flexibility index (Phi) is 3.83. The van der Waals surface area contributed by atoms with Crippen molar-refractivity contribution in [1.82, 2.24) is 10.3 Å². The van der Waals surface area contributed by atoms with Crippen LogP contribution in [-0.4, -0.2) is 29.1 Å². The number of hydrogen-bond donors (Lipinski definition) is 2. The van der Waals surface area contributed by atoms with E-state index in [1.165, 1.54) is 0 Å². The Morgan fingerprint density at radius 2 is 2.10 bits per heavy atom. The van der Waals surface area contributed by atoms with E-state index in [9.17, 15) is 22.8 Å². The van der Waals surface area contributed by atoms with Crippen LogP contribution >= 0.6 is 0 Å². The first kappa shape index (κ1) is 15.6. The second-order valence-electron chi connectivity index (χ2n) is 5.38. The molecule has 0 bridgehead atoms. The van der Waals surface area contributed by atoms with E-state index in [0.29, 0.717) is 19.1 Å². The summed E-state index contributed by atoms with van der Waals surface area (Å²) in [5.41, 5.74) is -3.43. The molecule has 1 atom stereocenters. The monoisotopic (exact) mass is 304 g/mol. The molecule has 0 aliphatic carbocycles. The highest BCUT2D eigenvalue weighted by atomic mass is 19.4. The van der Waals surface area contributed by atoms with E-state index in [2.05, 4.69) is 5.32 Å². The highest BCUT2D eigenvalue weighted by Gasteiger charge is 2.37. The van der Waals surface area contributed by atoms with Gasteiger partial charge in [0.25, 0.3) is 11.5 Å². The van der Waals surface area contributed by atoms with Crippen molar-refractivity contribution in [1.29, 1.82) is 0 Å². The van der Waals surface area contributed by atoms with Gasteiger partial charge in [-0.1, -0.05) is 0 Å². The summed E-state index contributed by atoms with van der Waals surface area (Å²) >= 11 is 0. The molecule has 1 aliphatic heterocycles. The summed E-state index contributed by atoms with van der Waals surface area (Å²) in [5.74, 6) is -0.635. The topological polar surface area (TPSA) is 71.2 Å². The van der Waals surface area contributed by atoms with Crippen LogP contribution in [0.5, 0.6) is 0 Å². The van der Waals surface area contributed by atoms with Crippen molar-refractivity contribution in [2.75, 3.05) is 6.61 Å². The van der Waals surface area contributed by atoms with Crippen LogP contribution in [-0.2, 0) is 10.9 Å². The number of aromatic nitrogens is 1. The molecule has 2 heterocycles. The molecule has 0 radical (unpaired) electrons. The lowest BCUT2D eigenvalue weighted by molar-refractivity contribution is -0.138. The van der Waals surface area contributed by atoms with Gasteiger partial charge in [0.05, 0.1) is 11.6 Å². The van der Waals surface area contributed by atoms with Gasteiger partial charge >= 0.3 is 6.18 Å². The van der Waals surface area contributed by atoms with E-state index >= 15 is 0 Å². The SMILES string of the molecule is CC1(C)OCCC1NC(=O)c1ccc(C(F)(F)F)c(=O)[nH]1. The Labute approximate surface area is 118 Å². The molecule has 1 amide bonds. The van der Waals surface area contributed by atoms with Crippen LogP contribution < -0.4 is 10.9 Å². The minimum atomic E-state index is -4.75. The number of rotatable bonds is 2. The Morgan fingerprint density at radius 1 is 1.43 bits per heavy atom. The van der Waals surface area contributed by atoms with Crippen LogP contribution in [0.1, 0.15) is 36.3 Å². The first-order valence-corrected chi connectivity index (χ1v) is 6.36. The first-order chi connectivity index (χ1) is 9.61. The van der Waals surface area contributed by atoms with E-state index < -0.39 is 28.8 Å². The quantitative estimate of drug-likeness (QED) is 0.873. The summed E-state index contributed by atoms with van der Waals surface area (Å²) in [7, 11) is 0. The Hall–Kier alpha value is -1.83. The molecule has 1 fully saturated rings. The predicted octanol–water partition coefficient (Wildman–Crippen LogP) is 1.69. The van der Waals surface area contributed by atoms with Gasteiger partial charge in [0, 0.05) is 6.61 Å². The van der Waals surface area contributed by atoms with Crippen molar-refractivity contribution in [2.45, 2.75) is 38.1 Å². The molecule has 1 aromatic heterocycles. The second-order valence-corrected chi connectivity index (χ2v) is 5.38. The number of hydrogen-bond acceptors (Lipinski definition) is 3. The zero-order chi connectivity index (χ0) is 15.8. The lowest BCUT2D eigenvalue weighted by Crippen LogP contribution is -2.46. The van der Waals surface area contributed by atoms with Crippen molar-refractivity contribution in [2.24, 2.45) is 0 Å². The van der Waals surface area contributed by atoms with Gasteiger partial charge in [-0.15, -0.1) is 0 Å². The summed E-state index contributed by atoms with van der Waals surface area (Å²) in [6.45, 7) is 4.10. The van der Waals surface area contributed by atoms with Crippen molar-refractivity contribution in [3.05, 3.63) is 33.7 Å². The number of alkyl halides is 3. The summed E-state index contributed by atoms with van der Waals surface area (Å²) in [6, 6.07) is 1.28. The smallest absolute Gasteiger partial charge is 0.373 e. The number of H-pyrrole nitrogens is 1. The number of aromatic amines is 1. The third-order valence-electron chi connectivity index (χ3n) is 3.48. The van der Waals surface area contributed by atoms with Crippen LogP contribution in [0, 0.1) is 0 Å². The van der Waals surface area contributed by atoms with E-state index in [-0.39, 0.29) is 11.7 Å². The van der Waals surface area contributed by atoms with Gasteiger partial charge in [0.1, 0.15) is 11.3 Å². The summed E-state index contributed by atoms with van der Waals surface area (Å²) < 4.78 is 42.9. The average molecular weight is 304 g/mol. The van der Waals surface area contributed by atoms with Crippen LogP contribution in [0.3, 0.4) is 0 Å². The maximum atomic E-state index is 12.5. The van der Waals surface area contributed by atoms with E-state index in [1.54, 1.807) is 13.8 Å². The number of ether oxygens (including phenoxy) is 1. The largest absolute Gasteiger partial charge is 0.421 e. The molecule has 1 unspecified atom stereocenters. The number of amides is 1. The van der Waals surface area contributed by atoms with Gasteiger partial charge in [-0.25, -0.2) is 0 Å². The van der Waals surface area contributed by atoms with Crippen molar-refractivity contribution < 1.29 is 22.7 Å². The molecule has 2 rings (SSSR count). The molecule has 5 nitrogen and oxygen atoms in total. The fraction of sp³-hybridized carbons (Fsp3) is 0.538. The van der Waals surface area contributed by atoms with Crippen molar-refractivity contribution >= 4 is 5.91 Å². The molecule has 0 saturated carbocycles. The Morgan fingerprint density at radius 3 is 2.57 bits per heavy atom. The number of carbonyl (C=O) groups is 1. The third-order valence-corrected chi connectivity index (χ3v) is 3.48. The van der Waals surface area contributed by atoms with Gasteiger partial charge in [-0.2, -0.15) is 13.2 Å².